The van der Waals surface area contributed by atoms with Crippen LogP contribution >= 0.6 is 0 Å². The van der Waals surface area contributed by atoms with E-state index in [1.54, 1.807) is 0 Å². The molecule has 0 aliphatic rings. The zero-order valence-electron chi connectivity index (χ0n) is 11.8. The second-order valence-corrected chi connectivity index (χ2v) is 4.81. The Hall–Kier alpha value is -0.800. The summed E-state index contributed by atoms with van der Waals surface area (Å²) in [5, 5.41) is 0. The van der Waals surface area contributed by atoms with Gasteiger partial charge in [-0.15, -0.1) is 0 Å². The molecule has 0 aromatic carbocycles. The molecule has 2 N–H and O–H groups in total. The Kier molecular flexibility index (Phi) is 7.78. The van der Waals surface area contributed by atoms with Crippen molar-refractivity contribution in [1.82, 2.24) is 0 Å². The van der Waals surface area contributed by atoms with Gasteiger partial charge in [0.25, 0.3) is 0 Å². The maximum Gasteiger partial charge on any atom is 0.134 e. The van der Waals surface area contributed by atoms with Gasteiger partial charge in [0.1, 0.15) is 17.6 Å². The average molecular weight is 253 g/mol. The molecule has 1 unspecified atom stereocenters. The van der Waals surface area contributed by atoms with Crippen LogP contribution in [0, 0.1) is 6.92 Å². The van der Waals surface area contributed by atoms with Crippen LogP contribution in [0.15, 0.2) is 16.5 Å². The van der Waals surface area contributed by atoms with Gasteiger partial charge in [0.05, 0.1) is 0 Å². The van der Waals surface area contributed by atoms with Gasteiger partial charge in [0.2, 0.25) is 0 Å². The molecule has 3 nitrogen and oxygen atoms in total. The fourth-order valence-corrected chi connectivity index (χ4v) is 2.00. The van der Waals surface area contributed by atoms with Crippen molar-refractivity contribution in [3.05, 3.63) is 23.7 Å². The zero-order valence-corrected chi connectivity index (χ0v) is 11.8. The lowest BCUT2D eigenvalue weighted by molar-refractivity contribution is 0.0407. The van der Waals surface area contributed by atoms with E-state index in [9.17, 15) is 0 Å². The number of rotatable bonds is 10. The van der Waals surface area contributed by atoms with E-state index < -0.39 is 0 Å². The third-order valence-electron chi connectivity index (χ3n) is 3.11. The minimum Gasteiger partial charge on any atom is -0.464 e. The number of furan rings is 1. The highest BCUT2D eigenvalue weighted by Crippen LogP contribution is 2.19. The van der Waals surface area contributed by atoms with E-state index in [0.29, 0.717) is 6.54 Å². The zero-order chi connectivity index (χ0) is 13.2. The quantitative estimate of drug-likeness (QED) is 0.642. The van der Waals surface area contributed by atoms with Crippen molar-refractivity contribution in [2.45, 2.75) is 58.5 Å². The summed E-state index contributed by atoms with van der Waals surface area (Å²) < 4.78 is 11.3. The Morgan fingerprint density at radius 2 is 1.89 bits per heavy atom. The molecule has 1 aromatic rings. The summed E-state index contributed by atoms with van der Waals surface area (Å²) in [6.45, 7) is 5.42. The normalized spacial score (nSPS) is 12.8. The summed E-state index contributed by atoms with van der Waals surface area (Å²) in [6.07, 6.45) is 7.56. The van der Waals surface area contributed by atoms with Gasteiger partial charge < -0.3 is 14.9 Å². The molecule has 0 saturated carbocycles. The topological polar surface area (TPSA) is 48.4 Å². The van der Waals surface area contributed by atoms with Gasteiger partial charge in [-0.05, 0) is 25.5 Å². The van der Waals surface area contributed by atoms with Crippen molar-refractivity contribution < 1.29 is 9.15 Å². The first-order valence-corrected chi connectivity index (χ1v) is 7.16. The van der Waals surface area contributed by atoms with Crippen LogP contribution in [0.3, 0.4) is 0 Å². The maximum absolute atomic E-state index is 5.78. The highest BCUT2D eigenvalue weighted by molar-refractivity contribution is 5.08. The van der Waals surface area contributed by atoms with Crippen LogP contribution < -0.4 is 5.73 Å². The lowest BCUT2D eigenvalue weighted by Crippen LogP contribution is -2.15. The largest absolute Gasteiger partial charge is 0.464 e. The molecule has 0 aliphatic heterocycles. The molecule has 0 amide bonds. The SMILES string of the molecule is CCCCCCCCOC(CN)c1ccc(C)o1. The third-order valence-corrected chi connectivity index (χ3v) is 3.11. The van der Waals surface area contributed by atoms with E-state index in [4.69, 9.17) is 14.9 Å². The summed E-state index contributed by atoms with van der Waals surface area (Å²) in [5.41, 5.74) is 5.71. The molecular weight excluding hydrogens is 226 g/mol. The Bertz CT molecular complexity index is 309. The first-order chi connectivity index (χ1) is 8.77. The number of aryl methyl sites for hydroxylation is 1. The molecule has 1 aromatic heterocycles. The molecular formula is C15H27NO2. The van der Waals surface area contributed by atoms with Gasteiger partial charge in [-0.25, -0.2) is 0 Å². The first-order valence-electron chi connectivity index (χ1n) is 7.16. The smallest absolute Gasteiger partial charge is 0.134 e. The molecule has 0 spiro atoms. The summed E-state index contributed by atoms with van der Waals surface area (Å²) in [6, 6.07) is 3.90. The van der Waals surface area contributed by atoms with E-state index in [1.807, 2.05) is 19.1 Å². The minimum absolute atomic E-state index is 0.0886. The second-order valence-electron chi connectivity index (χ2n) is 4.81. The number of hydrogen-bond donors (Lipinski definition) is 1. The Labute approximate surface area is 111 Å². The van der Waals surface area contributed by atoms with Crippen molar-refractivity contribution >= 4 is 0 Å². The molecule has 3 heteroatoms. The molecule has 104 valence electrons. The van der Waals surface area contributed by atoms with Crippen LogP contribution in [0.4, 0.5) is 0 Å². The lowest BCUT2D eigenvalue weighted by Gasteiger charge is -2.13. The van der Waals surface area contributed by atoms with Crippen LogP contribution in [0.2, 0.25) is 0 Å². The summed E-state index contributed by atoms with van der Waals surface area (Å²) >= 11 is 0. The van der Waals surface area contributed by atoms with Crippen LogP contribution in [-0.2, 0) is 4.74 Å². The van der Waals surface area contributed by atoms with Gasteiger partial charge in [-0.2, -0.15) is 0 Å². The predicted octanol–water partition coefficient (Wildman–Crippen LogP) is 3.96. The fraction of sp³-hybridized carbons (Fsp3) is 0.733. The molecule has 0 radical (unpaired) electrons. The number of hydrogen-bond acceptors (Lipinski definition) is 3. The molecule has 1 atom stereocenters. The first kappa shape index (κ1) is 15.3. The molecule has 0 saturated heterocycles. The predicted molar refractivity (Wildman–Crippen MR) is 74.6 cm³/mol. The standard InChI is InChI=1S/C15H27NO2/c1-3-4-5-6-7-8-11-17-15(12-16)14-10-9-13(2)18-14/h9-10,15H,3-8,11-12,16H2,1-2H3. The van der Waals surface area contributed by atoms with Crippen molar-refractivity contribution in [1.29, 1.82) is 0 Å². The molecule has 18 heavy (non-hydrogen) atoms. The number of ether oxygens (including phenoxy) is 1. The van der Waals surface area contributed by atoms with Crippen molar-refractivity contribution in [3.8, 4) is 0 Å². The van der Waals surface area contributed by atoms with Crippen molar-refractivity contribution in [3.63, 3.8) is 0 Å². The Morgan fingerprint density at radius 1 is 1.17 bits per heavy atom. The van der Waals surface area contributed by atoms with Gasteiger partial charge in [0.15, 0.2) is 0 Å². The number of nitrogens with two attached hydrogens (primary N) is 1. The van der Waals surface area contributed by atoms with Gasteiger partial charge in [0, 0.05) is 13.2 Å². The lowest BCUT2D eigenvalue weighted by atomic mass is 10.1. The molecule has 0 aliphatic carbocycles. The monoisotopic (exact) mass is 253 g/mol. The Balaban J connectivity index is 2.13. The van der Waals surface area contributed by atoms with Crippen molar-refractivity contribution in [2.24, 2.45) is 5.73 Å². The van der Waals surface area contributed by atoms with Crippen LogP contribution in [-0.4, -0.2) is 13.2 Å². The van der Waals surface area contributed by atoms with E-state index in [0.717, 1.165) is 24.5 Å². The minimum atomic E-state index is -0.0886. The van der Waals surface area contributed by atoms with Crippen molar-refractivity contribution in [2.75, 3.05) is 13.2 Å². The summed E-state index contributed by atoms with van der Waals surface area (Å²) in [7, 11) is 0. The number of unbranched alkanes of at least 4 members (excludes halogenated alkanes) is 5. The van der Waals surface area contributed by atoms with Crippen LogP contribution in [0.5, 0.6) is 0 Å². The summed E-state index contributed by atoms with van der Waals surface area (Å²) in [5.74, 6) is 1.76. The molecule has 0 bridgehead atoms. The van der Waals surface area contributed by atoms with E-state index in [2.05, 4.69) is 6.92 Å². The molecule has 1 rings (SSSR count). The average Bonchev–Trinajstić information content (AvgIpc) is 2.79. The van der Waals surface area contributed by atoms with E-state index in [-0.39, 0.29) is 6.10 Å². The van der Waals surface area contributed by atoms with Crippen LogP contribution in [0.1, 0.15) is 63.1 Å². The fourth-order valence-electron chi connectivity index (χ4n) is 2.00. The van der Waals surface area contributed by atoms with Gasteiger partial charge in [-0.1, -0.05) is 39.0 Å². The second kappa shape index (κ2) is 9.17. The summed E-state index contributed by atoms with van der Waals surface area (Å²) in [4.78, 5) is 0. The van der Waals surface area contributed by atoms with Crippen LogP contribution in [0.25, 0.3) is 0 Å². The molecule has 1 heterocycles. The third kappa shape index (κ3) is 5.69. The van der Waals surface area contributed by atoms with E-state index in [1.165, 1.54) is 32.1 Å². The Morgan fingerprint density at radius 3 is 2.50 bits per heavy atom. The van der Waals surface area contributed by atoms with Gasteiger partial charge >= 0.3 is 0 Å². The maximum atomic E-state index is 5.78. The van der Waals surface area contributed by atoms with E-state index >= 15 is 0 Å². The molecule has 0 fully saturated rings. The highest BCUT2D eigenvalue weighted by atomic mass is 16.5. The van der Waals surface area contributed by atoms with Gasteiger partial charge in [-0.3, -0.25) is 0 Å². The highest BCUT2D eigenvalue weighted by Gasteiger charge is 2.13.